The molecular weight excluding hydrogens is 474 g/mol. The standard InChI is InChI=1S/C26H20ClNO5S/c1-17-10-12-18(13-11-17)25(30)33-21-8-4-2-6-19(21)16-23-24(29)28(26(31)34-23)14-15-32-22-9-5-3-7-20(22)27/h2-13,16H,14-15H2,1H3/b23-16-. The minimum atomic E-state index is -0.509. The number of carbonyl (C=O) groups is 3. The maximum absolute atomic E-state index is 12.8. The second kappa shape index (κ2) is 10.6. The van der Waals surface area contributed by atoms with Crippen molar-refractivity contribution in [2.75, 3.05) is 13.2 Å². The van der Waals surface area contributed by atoms with Gasteiger partial charge < -0.3 is 9.47 Å². The van der Waals surface area contributed by atoms with E-state index in [2.05, 4.69) is 0 Å². The van der Waals surface area contributed by atoms with Gasteiger partial charge in [0.1, 0.15) is 18.1 Å². The third-order valence-corrected chi connectivity index (χ3v) is 6.20. The van der Waals surface area contributed by atoms with E-state index in [1.54, 1.807) is 66.7 Å². The van der Waals surface area contributed by atoms with Crippen molar-refractivity contribution in [1.29, 1.82) is 0 Å². The van der Waals surface area contributed by atoms with Crippen molar-refractivity contribution < 1.29 is 23.9 Å². The number of carbonyl (C=O) groups excluding carboxylic acids is 3. The van der Waals surface area contributed by atoms with E-state index in [0.717, 1.165) is 22.2 Å². The molecule has 0 spiro atoms. The van der Waals surface area contributed by atoms with Crippen molar-refractivity contribution in [3.05, 3.63) is 99.4 Å². The molecule has 1 saturated heterocycles. The number of hydrogen-bond donors (Lipinski definition) is 0. The first-order chi connectivity index (χ1) is 16.4. The van der Waals surface area contributed by atoms with Crippen LogP contribution in [0, 0.1) is 6.92 Å². The average Bonchev–Trinajstić information content (AvgIpc) is 3.09. The molecule has 3 aromatic rings. The van der Waals surface area contributed by atoms with Crippen molar-refractivity contribution in [3.63, 3.8) is 0 Å². The Balaban J connectivity index is 1.45. The number of thioether (sulfide) groups is 1. The summed E-state index contributed by atoms with van der Waals surface area (Å²) in [5.41, 5.74) is 1.96. The normalized spacial score (nSPS) is 14.5. The second-order valence-electron chi connectivity index (χ2n) is 7.41. The molecule has 0 radical (unpaired) electrons. The van der Waals surface area contributed by atoms with Crippen LogP contribution < -0.4 is 9.47 Å². The SMILES string of the molecule is Cc1ccc(C(=O)Oc2ccccc2/C=C2\SC(=O)N(CCOc3ccccc3Cl)C2=O)cc1. The molecule has 34 heavy (non-hydrogen) atoms. The van der Waals surface area contributed by atoms with Gasteiger partial charge in [-0.2, -0.15) is 0 Å². The van der Waals surface area contributed by atoms with E-state index in [1.807, 2.05) is 19.1 Å². The van der Waals surface area contributed by atoms with Crippen LogP contribution in [0.1, 0.15) is 21.5 Å². The molecule has 1 aliphatic rings. The topological polar surface area (TPSA) is 72.9 Å². The van der Waals surface area contributed by atoms with Gasteiger partial charge in [-0.05, 0) is 55.1 Å². The first-order valence-electron chi connectivity index (χ1n) is 10.4. The Morgan fingerprint density at radius 2 is 1.65 bits per heavy atom. The number of para-hydroxylation sites is 2. The molecule has 0 atom stereocenters. The number of imide groups is 1. The molecule has 0 saturated carbocycles. The Bertz CT molecular complexity index is 1270. The lowest BCUT2D eigenvalue weighted by Gasteiger charge is -2.13. The monoisotopic (exact) mass is 493 g/mol. The Morgan fingerprint density at radius 1 is 0.971 bits per heavy atom. The average molecular weight is 494 g/mol. The minimum Gasteiger partial charge on any atom is -0.490 e. The number of amides is 2. The zero-order valence-electron chi connectivity index (χ0n) is 18.2. The number of nitrogens with zero attached hydrogens (tertiary/aromatic N) is 1. The molecule has 1 heterocycles. The molecule has 4 rings (SSSR count). The van der Waals surface area contributed by atoms with E-state index in [-0.39, 0.29) is 18.1 Å². The largest absolute Gasteiger partial charge is 0.490 e. The molecule has 0 aliphatic carbocycles. The zero-order chi connectivity index (χ0) is 24.1. The maximum Gasteiger partial charge on any atom is 0.343 e. The molecule has 1 fully saturated rings. The summed E-state index contributed by atoms with van der Waals surface area (Å²) in [5.74, 6) is -0.166. The van der Waals surface area contributed by atoms with Crippen LogP contribution in [0.2, 0.25) is 5.02 Å². The third kappa shape index (κ3) is 5.50. The summed E-state index contributed by atoms with van der Waals surface area (Å²) in [5, 5.41) is 0.0569. The van der Waals surface area contributed by atoms with Gasteiger partial charge in [-0.15, -0.1) is 0 Å². The number of aryl methyl sites for hydroxylation is 1. The highest BCUT2D eigenvalue weighted by Gasteiger charge is 2.35. The highest BCUT2D eigenvalue weighted by atomic mass is 35.5. The molecule has 2 amide bonds. The van der Waals surface area contributed by atoms with E-state index in [1.165, 1.54) is 0 Å². The maximum atomic E-state index is 12.8. The summed E-state index contributed by atoms with van der Waals surface area (Å²) >= 11 is 6.89. The zero-order valence-corrected chi connectivity index (χ0v) is 19.8. The van der Waals surface area contributed by atoms with Crippen molar-refractivity contribution in [2.24, 2.45) is 0 Å². The fraction of sp³-hybridized carbons (Fsp3) is 0.115. The van der Waals surface area contributed by atoms with Gasteiger partial charge in [-0.25, -0.2) is 4.79 Å². The van der Waals surface area contributed by atoms with Crippen LogP contribution in [0.15, 0.2) is 77.7 Å². The molecule has 1 aliphatic heterocycles. The molecule has 8 heteroatoms. The highest BCUT2D eigenvalue weighted by Crippen LogP contribution is 2.34. The quantitative estimate of drug-likeness (QED) is 0.229. The molecule has 172 valence electrons. The number of rotatable bonds is 7. The van der Waals surface area contributed by atoms with Gasteiger partial charge >= 0.3 is 5.97 Å². The van der Waals surface area contributed by atoms with E-state index >= 15 is 0 Å². The summed E-state index contributed by atoms with van der Waals surface area (Å²) < 4.78 is 11.2. The first-order valence-corrected chi connectivity index (χ1v) is 11.6. The number of benzene rings is 3. The van der Waals surface area contributed by atoms with Gasteiger partial charge in [0.25, 0.3) is 11.1 Å². The summed E-state index contributed by atoms with van der Waals surface area (Å²) in [6, 6.07) is 20.9. The molecule has 0 bridgehead atoms. The molecular formula is C26H20ClNO5S. The Labute approximate surface area is 206 Å². The highest BCUT2D eigenvalue weighted by molar-refractivity contribution is 8.18. The van der Waals surface area contributed by atoms with Crippen molar-refractivity contribution in [2.45, 2.75) is 6.92 Å². The van der Waals surface area contributed by atoms with Crippen LogP contribution in [0.25, 0.3) is 6.08 Å². The molecule has 6 nitrogen and oxygen atoms in total. The lowest BCUT2D eigenvalue weighted by molar-refractivity contribution is -0.123. The smallest absolute Gasteiger partial charge is 0.343 e. The summed E-state index contributed by atoms with van der Waals surface area (Å²) in [6.45, 7) is 2.12. The molecule has 3 aromatic carbocycles. The van der Waals surface area contributed by atoms with Crippen LogP contribution in [0.4, 0.5) is 4.79 Å². The van der Waals surface area contributed by atoms with Gasteiger partial charge in [-0.3, -0.25) is 14.5 Å². The summed E-state index contributed by atoms with van der Waals surface area (Å²) in [4.78, 5) is 39.2. The fourth-order valence-corrected chi connectivity index (χ4v) is 4.23. The lowest BCUT2D eigenvalue weighted by atomic mass is 10.1. The number of ether oxygens (including phenoxy) is 2. The summed E-state index contributed by atoms with van der Waals surface area (Å²) in [6.07, 6.45) is 1.55. The second-order valence-corrected chi connectivity index (χ2v) is 8.81. The van der Waals surface area contributed by atoms with Crippen molar-refractivity contribution >= 4 is 46.6 Å². The van der Waals surface area contributed by atoms with Crippen molar-refractivity contribution in [1.82, 2.24) is 4.90 Å². The van der Waals surface area contributed by atoms with Crippen LogP contribution in [-0.2, 0) is 4.79 Å². The predicted octanol–water partition coefficient (Wildman–Crippen LogP) is 5.98. The van der Waals surface area contributed by atoms with E-state index in [0.29, 0.717) is 27.6 Å². The Morgan fingerprint density at radius 3 is 2.38 bits per heavy atom. The van der Waals surface area contributed by atoms with Crippen LogP contribution in [0.5, 0.6) is 11.5 Å². The Hall–Kier alpha value is -3.55. The van der Waals surface area contributed by atoms with Crippen LogP contribution in [-0.4, -0.2) is 35.2 Å². The van der Waals surface area contributed by atoms with E-state index in [9.17, 15) is 14.4 Å². The molecule has 0 unspecified atom stereocenters. The minimum absolute atomic E-state index is 0.0806. The van der Waals surface area contributed by atoms with Gasteiger partial charge in [0.2, 0.25) is 0 Å². The van der Waals surface area contributed by atoms with Crippen LogP contribution in [0.3, 0.4) is 0 Å². The Kier molecular flexibility index (Phi) is 7.35. The first kappa shape index (κ1) is 23.6. The van der Waals surface area contributed by atoms with E-state index < -0.39 is 17.1 Å². The fourth-order valence-electron chi connectivity index (χ4n) is 3.18. The van der Waals surface area contributed by atoms with Gasteiger partial charge in [0.05, 0.1) is 22.0 Å². The predicted molar refractivity (Wildman–Crippen MR) is 132 cm³/mol. The summed E-state index contributed by atoms with van der Waals surface area (Å²) in [7, 11) is 0. The van der Waals surface area contributed by atoms with Gasteiger partial charge in [0, 0.05) is 5.56 Å². The number of hydrogen-bond acceptors (Lipinski definition) is 6. The molecule has 0 aromatic heterocycles. The number of esters is 1. The molecule has 0 N–H and O–H groups in total. The van der Waals surface area contributed by atoms with Crippen LogP contribution >= 0.6 is 23.4 Å². The van der Waals surface area contributed by atoms with Gasteiger partial charge in [0.15, 0.2) is 0 Å². The third-order valence-electron chi connectivity index (χ3n) is 4.98. The van der Waals surface area contributed by atoms with E-state index in [4.69, 9.17) is 21.1 Å². The van der Waals surface area contributed by atoms with Gasteiger partial charge in [-0.1, -0.05) is 59.6 Å². The van der Waals surface area contributed by atoms with Crippen molar-refractivity contribution in [3.8, 4) is 11.5 Å². The lowest BCUT2D eigenvalue weighted by Crippen LogP contribution is -2.32. The number of halogens is 1.